The first-order valence-electron chi connectivity index (χ1n) is 7.46. The number of aromatic nitrogens is 1. The molecule has 116 valence electrons. The van der Waals surface area contributed by atoms with Crippen molar-refractivity contribution in [3.63, 3.8) is 0 Å². The lowest BCUT2D eigenvalue weighted by atomic mass is 10.2. The van der Waals surface area contributed by atoms with Gasteiger partial charge in [0, 0.05) is 26.2 Å². The first kappa shape index (κ1) is 14.8. The number of rotatable bonds is 3. The molecule has 1 N–H and O–H groups in total. The van der Waals surface area contributed by atoms with E-state index in [1.54, 1.807) is 12.3 Å². The van der Waals surface area contributed by atoms with Crippen molar-refractivity contribution in [3.8, 4) is 5.75 Å². The molecule has 1 aliphatic heterocycles. The van der Waals surface area contributed by atoms with E-state index in [2.05, 4.69) is 9.88 Å². The molecular weight excluding hydrogens is 298 g/mol. The van der Waals surface area contributed by atoms with Gasteiger partial charge in [-0.15, -0.1) is 11.3 Å². The molecule has 2 heterocycles. The van der Waals surface area contributed by atoms with Crippen molar-refractivity contribution in [2.24, 2.45) is 0 Å². The van der Waals surface area contributed by atoms with Crippen LogP contribution in [0.5, 0.6) is 5.75 Å². The summed E-state index contributed by atoms with van der Waals surface area (Å²) in [7, 11) is 0. The molecule has 2 aromatic rings. The van der Waals surface area contributed by atoms with Crippen molar-refractivity contribution in [1.82, 2.24) is 9.88 Å². The molecule has 22 heavy (non-hydrogen) atoms. The highest BCUT2D eigenvalue weighted by molar-refractivity contribution is 7.13. The summed E-state index contributed by atoms with van der Waals surface area (Å²) in [4.78, 5) is 21.4. The Morgan fingerprint density at radius 3 is 2.64 bits per heavy atom. The zero-order chi connectivity index (χ0) is 15.5. The lowest BCUT2D eigenvalue weighted by Crippen LogP contribution is -2.48. The van der Waals surface area contributed by atoms with Crippen molar-refractivity contribution < 1.29 is 9.90 Å². The number of aromatic hydroxyl groups is 1. The minimum Gasteiger partial charge on any atom is -0.506 e. The van der Waals surface area contributed by atoms with Crippen LogP contribution in [0.1, 0.15) is 21.6 Å². The van der Waals surface area contributed by atoms with E-state index in [4.69, 9.17) is 0 Å². The monoisotopic (exact) mass is 317 g/mol. The summed E-state index contributed by atoms with van der Waals surface area (Å²) in [5.74, 6) is 0.353. The number of thiazole rings is 1. The van der Waals surface area contributed by atoms with Crippen molar-refractivity contribution in [2.45, 2.75) is 13.3 Å². The number of benzene rings is 1. The number of hydrogen-bond acceptors (Lipinski definition) is 5. The molecule has 1 aromatic heterocycles. The Balaban J connectivity index is 1.64. The summed E-state index contributed by atoms with van der Waals surface area (Å²) < 4.78 is 0. The Kier molecular flexibility index (Phi) is 4.29. The highest BCUT2D eigenvalue weighted by Gasteiger charge is 2.24. The molecule has 1 saturated heterocycles. The maximum absolute atomic E-state index is 12.5. The number of nitrogens with zero attached hydrogens (tertiary/aromatic N) is 3. The molecule has 5 nitrogen and oxygen atoms in total. The number of aryl methyl sites for hydroxylation is 1. The zero-order valence-corrected chi connectivity index (χ0v) is 13.3. The molecule has 1 aliphatic rings. The van der Waals surface area contributed by atoms with Crippen LogP contribution in [-0.4, -0.2) is 47.1 Å². The van der Waals surface area contributed by atoms with Gasteiger partial charge in [-0.2, -0.15) is 0 Å². The highest BCUT2D eigenvalue weighted by atomic mass is 32.1. The Labute approximate surface area is 133 Å². The van der Waals surface area contributed by atoms with Gasteiger partial charge < -0.3 is 14.9 Å². The van der Waals surface area contributed by atoms with E-state index in [1.807, 2.05) is 30.0 Å². The Bertz CT molecular complexity index is 663. The number of carbonyl (C=O) groups excluding carboxylic acids is 1. The van der Waals surface area contributed by atoms with E-state index in [1.165, 1.54) is 11.3 Å². The van der Waals surface area contributed by atoms with Gasteiger partial charge in [0.15, 0.2) is 0 Å². The summed E-state index contributed by atoms with van der Waals surface area (Å²) in [5.41, 5.74) is 0.834. The van der Waals surface area contributed by atoms with Gasteiger partial charge in [-0.05, 0) is 18.6 Å². The maximum atomic E-state index is 12.5. The van der Waals surface area contributed by atoms with Crippen molar-refractivity contribution in [1.29, 1.82) is 0 Å². The molecule has 1 amide bonds. The third-order valence-corrected chi connectivity index (χ3v) is 4.99. The summed E-state index contributed by atoms with van der Waals surface area (Å²) in [6.45, 7) is 4.81. The second-order valence-corrected chi connectivity index (χ2v) is 6.35. The number of carbonyl (C=O) groups is 1. The van der Waals surface area contributed by atoms with Crippen LogP contribution in [-0.2, 0) is 6.42 Å². The molecule has 1 aromatic carbocycles. The van der Waals surface area contributed by atoms with Gasteiger partial charge in [0.2, 0.25) is 0 Å². The van der Waals surface area contributed by atoms with Crippen molar-refractivity contribution in [3.05, 3.63) is 40.3 Å². The largest absolute Gasteiger partial charge is 0.506 e. The highest BCUT2D eigenvalue weighted by Crippen LogP contribution is 2.27. The van der Waals surface area contributed by atoms with Gasteiger partial charge in [0.1, 0.15) is 10.6 Å². The number of para-hydroxylation sites is 2. The van der Waals surface area contributed by atoms with E-state index < -0.39 is 0 Å². The van der Waals surface area contributed by atoms with Crippen LogP contribution in [0.2, 0.25) is 0 Å². The lowest BCUT2D eigenvalue weighted by molar-refractivity contribution is 0.0751. The molecule has 0 atom stereocenters. The fourth-order valence-corrected chi connectivity index (χ4v) is 3.44. The third-order valence-electron chi connectivity index (χ3n) is 3.86. The van der Waals surface area contributed by atoms with Crippen LogP contribution in [0, 0.1) is 0 Å². The topological polar surface area (TPSA) is 56.7 Å². The fourth-order valence-electron chi connectivity index (χ4n) is 2.61. The molecule has 0 saturated carbocycles. The van der Waals surface area contributed by atoms with Gasteiger partial charge in [-0.1, -0.05) is 19.1 Å². The number of amides is 1. The number of anilines is 1. The molecule has 0 aliphatic carbocycles. The summed E-state index contributed by atoms with van der Waals surface area (Å²) in [5, 5.41) is 10.9. The average Bonchev–Trinajstić information content (AvgIpc) is 3.04. The van der Waals surface area contributed by atoms with Crippen LogP contribution in [0.15, 0.2) is 30.5 Å². The number of phenols is 1. The van der Waals surface area contributed by atoms with E-state index >= 15 is 0 Å². The fraction of sp³-hybridized carbons (Fsp3) is 0.375. The molecule has 0 unspecified atom stereocenters. The predicted octanol–water partition coefficient (Wildman–Crippen LogP) is 2.37. The number of piperazine rings is 1. The van der Waals surface area contributed by atoms with Crippen LogP contribution in [0.25, 0.3) is 0 Å². The molecule has 0 bridgehead atoms. The molecular formula is C16H19N3O2S. The quantitative estimate of drug-likeness (QED) is 0.944. The second-order valence-electron chi connectivity index (χ2n) is 5.24. The van der Waals surface area contributed by atoms with Crippen molar-refractivity contribution >= 4 is 22.9 Å². The first-order valence-corrected chi connectivity index (χ1v) is 8.27. The SMILES string of the molecule is CCc1ncc(C(=O)N2CCN(c3ccccc3O)CC2)s1. The van der Waals surface area contributed by atoms with E-state index in [-0.39, 0.29) is 11.7 Å². The Hall–Kier alpha value is -2.08. The minimum atomic E-state index is 0.0640. The van der Waals surface area contributed by atoms with Crippen LogP contribution in [0.4, 0.5) is 5.69 Å². The predicted molar refractivity (Wildman–Crippen MR) is 87.7 cm³/mol. The van der Waals surface area contributed by atoms with Crippen LogP contribution < -0.4 is 4.90 Å². The van der Waals surface area contributed by atoms with Crippen molar-refractivity contribution in [2.75, 3.05) is 31.1 Å². The summed E-state index contributed by atoms with van der Waals surface area (Å²) in [6, 6.07) is 7.32. The Morgan fingerprint density at radius 2 is 2.00 bits per heavy atom. The smallest absolute Gasteiger partial charge is 0.265 e. The van der Waals surface area contributed by atoms with E-state index in [9.17, 15) is 9.90 Å². The van der Waals surface area contributed by atoms with Crippen LogP contribution >= 0.6 is 11.3 Å². The molecule has 1 fully saturated rings. The lowest BCUT2D eigenvalue weighted by Gasteiger charge is -2.36. The molecule has 0 radical (unpaired) electrons. The number of phenolic OH excluding ortho intramolecular Hbond substituents is 1. The van der Waals surface area contributed by atoms with E-state index in [0.717, 1.165) is 30.2 Å². The molecule has 3 rings (SSSR count). The standard InChI is InChI=1S/C16H19N3O2S/c1-2-15-17-11-14(22-15)16(21)19-9-7-18(8-10-19)12-5-3-4-6-13(12)20/h3-6,11,20H,2,7-10H2,1H3. The normalized spacial score (nSPS) is 15.1. The zero-order valence-electron chi connectivity index (χ0n) is 12.5. The second kappa shape index (κ2) is 6.36. The first-order chi connectivity index (χ1) is 10.7. The Morgan fingerprint density at radius 1 is 1.27 bits per heavy atom. The van der Waals surface area contributed by atoms with Gasteiger partial charge in [0.25, 0.3) is 5.91 Å². The van der Waals surface area contributed by atoms with Gasteiger partial charge in [-0.25, -0.2) is 4.98 Å². The minimum absolute atomic E-state index is 0.0640. The average molecular weight is 317 g/mol. The third kappa shape index (κ3) is 2.92. The maximum Gasteiger partial charge on any atom is 0.265 e. The summed E-state index contributed by atoms with van der Waals surface area (Å²) in [6.07, 6.45) is 2.54. The van der Waals surface area contributed by atoms with Gasteiger partial charge in [0.05, 0.1) is 16.9 Å². The van der Waals surface area contributed by atoms with Gasteiger partial charge >= 0.3 is 0 Å². The molecule has 0 spiro atoms. The van der Waals surface area contributed by atoms with Gasteiger partial charge in [-0.3, -0.25) is 4.79 Å². The molecule has 6 heteroatoms. The summed E-state index contributed by atoms with van der Waals surface area (Å²) >= 11 is 1.48. The number of hydrogen-bond donors (Lipinski definition) is 1. The van der Waals surface area contributed by atoms with Crippen LogP contribution in [0.3, 0.4) is 0 Å². The van der Waals surface area contributed by atoms with E-state index in [0.29, 0.717) is 18.0 Å².